The molecule has 0 amide bonds. The minimum atomic E-state index is -4.29. The van der Waals surface area contributed by atoms with E-state index in [1.54, 1.807) is 0 Å². The first-order chi connectivity index (χ1) is 34.2. The summed E-state index contributed by atoms with van der Waals surface area (Å²) in [6, 6.07) is 39.3. The molecule has 6 aromatic carbocycles. The van der Waals surface area contributed by atoms with E-state index >= 15 is 28.8 Å². The molecule has 9 atom stereocenters. The number of hydrogen-bond acceptors (Lipinski definition) is 17. The SMILES string of the molecule is O=C(OC(C(=O)c1ccccc1)(C(=O)c1ccccc1)[C@@]1(O[C@H]2O[C@H](CO)[C@@H](O)[C@H](O)[C@H]2O)O[C@H](CO)[C@](O)(C(=O)c2ccccc2)[C@@]1(OC(=O)c1ccccc1)C(=O)c1ccccc1)c1ccccc1. The smallest absolute Gasteiger partial charge is 0.339 e. The minimum Gasteiger partial charge on any atom is -0.437 e. The Kier molecular flexibility index (Phi) is 14.4. The summed E-state index contributed by atoms with van der Waals surface area (Å²) in [5, 5.41) is 70.4. The normalized spacial score (nSPS) is 26.2. The third kappa shape index (κ3) is 8.38. The molecule has 6 N–H and O–H groups in total. The van der Waals surface area contributed by atoms with Gasteiger partial charge in [0.2, 0.25) is 28.7 Å². The number of ketones is 4. The summed E-state index contributed by atoms with van der Waals surface area (Å²) >= 11 is 0. The van der Waals surface area contributed by atoms with Crippen LogP contribution in [-0.2, 0) is 23.7 Å². The first kappa shape index (κ1) is 50.0. The molecule has 2 aliphatic heterocycles. The number of hydrogen-bond donors (Lipinski definition) is 6. The van der Waals surface area contributed by atoms with E-state index in [0.717, 1.165) is 36.4 Å². The summed E-state index contributed by atoms with van der Waals surface area (Å²) in [5.41, 5.74) is -15.1. The van der Waals surface area contributed by atoms with Crippen molar-refractivity contribution in [3.63, 3.8) is 0 Å². The van der Waals surface area contributed by atoms with Crippen molar-refractivity contribution in [1.82, 2.24) is 0 Å². The van der Waals surface area contributed by atoms with Crippen molar-refractivity contribution in [2.45, 2.75) is 59.4 Å². The van der Waals surface area contributed by atoms with Crippen LogP contribution in [0.15, 0.2) is 182 Å². The Morgan fingerprint density at radius 2 is 0.887 bits per heavy atom. The zero-order valence-electron chi connectivity index (χ0n) is 37.4. The Balaban J connectivity index is 1.64. The van der Waals surface area contributed by atoms with Crippen LogP contribution in [0.3, 0.4) is 0 Å². The van der Waals surface area contributed by atoms with Crippen molar-refractivity contribution in [3.8, 4) is 0 Å². The molecule has 71 heavy (non-hydrogen) atoms. The lowest BCUT2D eigenvalue weighted by atomic mass is 9.61. The molecular formula is C54H46O17. The maximum atomic E-state index is 16.6. The lowest BCUT2D eigenvalue weighted by molar-refractivity contribution is -0.405. The van der Waals surface area contributed by atoms with Crippen LogP contribution < -0.4 is 0 Å². The highest BCUT2D eigenvalue weighted by atomic mass is 16.8. The van der Waals surface area contributed by atoms with Crippen LogP contribution in [0.1, 0.15) is 62.1 Å². The van der Waals surface area contributed by atoms with Crippen LogP contribution in [-0.4, -0.2) is 138 Å². The second-order valence-electron chi connectivity index (χ2n) is 16.6. The fraction of sp³-hybridized carbons (Fsp3) is 0.222. The van der Waals surface area contributed by atoms with Crippen LogP contribution in [0.4, 0.5) is 0 Å². The van der Waals surface area contributed by atoms with E-state index in [-0.39, 0.29) is 5.56 Å². The van der Waals surface area contributed by atoms with E-state index in [1.807, 2.05) is 0 Å². The lowest BCUT2D eigenvalue weighted by Gasteiger charge is -2.54. The van der Waals surface area contributed by atoms with E-state index in [1.165, 1.54) is 146 Å². The fourth-order valence-electron chi connectivity index (χ4n) is 8.98. The predicted octanol–water partition coefficient (Wildman–Crippen LogP) is 3.34. The van der Waals surface area contributed by atoms with Gasteiger partial charge in [-0.05, 0) is 24.3 Å². The molecule has 364 valence electrons. The number of rotatable bonds is 17. The number of aliphatic hydroxyl groups is 6. The summed E-state index contributed by atoms with van der Waals surface area (Å²) in [4.78, 5) is 95.7. The molecule has 17 heteroatoms. The van der Waals surface area contributed by atoms with Crippen molar-refractivity contribution in [2.75, 3.05) is 13.2 Å². The third-order valence-electron chi connectivity index (χ3n) is 12.5. The molecule has 2 aliphatic rings. The molecule has 0 saturated carbocycles. The summed E-state index contributed by atoms with van der Waals surface area (Å²) in [6.07, 6.45) is -14.3. The van der Waals surface area contributed by atoms with Gasteiger partial charge in [-0.25, -0.2) is 9.59 Å². The summed E-state index contributed by atoms with van der Waals surface area (Å²) < 4.78 is 32.0. The Bertz CT molecular complexity index is 2820. The lowest BCUT2D eigenvalue weighted by Crippen LogP contribution is -2.83. The second-order valence-corrected chi connectivity index (χ2v) is 16.6. The van der Waals surface area contributed by atoms with E-state index in [2.05, 4.69) is 0 Å². The molecule has 2 fully saturated rings. The van der Waals surface area contributed by atoms with Crippen molar-refractivity contribution < 1.29 is 83.1 Å². The van der Waals surface area contributed by atoms with Crippen LogP contribution in [0.25, 0.3) is 0 Å². The summed E-state index contributed by atoms with van der Waals surface area (Å²) in [7, 11) is 0. The Labute approximate surface area is 405 Å². The van der Waals surface area contributed by atoms with Gasteiger partial charge in [0.15, 0.2) is 6.29 Å². The van der Waals surface area contributed by atoms with Crippen LogP contribution in [0.2, 0.25) is 0 Å². The maximum Gasteiger partial charge on any atom is 0.339 e. The van der Waals surface area contributed by atoms with Crippen molar-refractivity contribution in [2.24, 2.45) is 0 Å². The average molecular weight is 967 g/mol. The van der Waals surface area contributed by atoms with Gasteiger partial charge in [0.25, 0.3) is 17.0 Å². The van der Waals surface area contributed by atoms with Gasteiger partial charge in [0, 0.05) is 22.3 Å². The largest absolute Gasteiger partial charge is 0.437 e. The number of aliphatic hydroxyl groups excluding tert-OH is 5. The third-order valence-corrected chi connectivity index (χ3v) is 12.5. The first-order valence-corrected chi connectivity index (χ1v) is 22.2. The maximum absolute atomic E-state index is 16.6. The summed E-state index contributed by atoms with van der Waals surface area (Å²) in [6.45, 7) is -2.67. The van der Waals surface area contributed by atoms with E-state index < -0.39 is 136 Å². The Morgan fingerprint density at radius 1 is 0.493 bits per heavy atom. The molecule has 17 nitrogen and oxygen atoms in total. The van der Waals surface area contributed by atoms with Crippen LogP contribution in [0.5, 0.6) is 0 Å². The van der Waals surface area contributed by atoms with E-state index in [9.17, 15) is 30.6 Å². The fourth-order valence-corrected chi connectivity index (χ4v) is 8.98. The van der Waals surface area contributed by atoms with Gasteiger partial charge in [-0.2, -0.15) is 0 Å². The minimum absolute atomic E-state index is 0.366. The molecule has 0 bridgehead atoms. The average Bonchev–Trinajstić information content (AvgIpc) is 3.64. The quantitative estimate of drug-likeness (QED) is 0.0435. The predicted molar refractivity (Wildman–Crippen MR) is 247 cm³/mol. The van der Waals surface area contributed by atoms with Gasteiger partial charge < -0.3 is 54.3 Å². The van der Waals surface area contributed by atoms with Crippen molar-refractivity contribution in [3.05, 3.63) is 215 Å². The van der Waals surface area contributed by atoms with Gasteiger partial charge in [0.05, 0.1) is 24.3 Å². The zero-order chi connectivity index (χ0) is 50.6. The highest BCUT2D eigenvalue weighted by Crippen LogP contribution is 2.60. The molecule has 0 radical (unpaired) electrons. The van der Waals surface area contributed by atoms with E-state index in [0.29, 0.717) is 0 Å². The Morgan fingerprint density at radius 3 is 1.31 bits per heavy atom. The first-order valence-electron chi connectivity index (χ1n) is 22.2. The van der Waals surface area contributed by atoms with Crippen molar-refractivity contribution in [1.29, 1.82) is 0 Å². The number of benzene rings is 6. The van der Waals surface area contributed by atoms with Gasteiger partial charge >= 0.3 is 11.9 Å². The van der Waals surface area contributed by atoms with Gasteiger partial charge in [-0.15, -0.1) is 0 Å². The molecular weight excluding hydrogens is 921 g/mol. The highest BCUT2D eigenvalue weighted by molar-refractivity contribution is 6.27. The molecule has 0 unspecified atom stereocenters. The van der Waals surface area contributed by atoms with Gasteiger partial charge in [0.1, 0.15) is 30.5 Å². The molecule has 0 spiro atoms. The molecule has 2 heterocycles. The number of Topliss-reactive ketones (excluding diaryl/α,β-unsaturated/α-hetero) is 4. The molecule has 6 aromatic rings. The standard InChI is InChI=1S/C54H46O17/c55-31-39-41(57)42(58)43(59)50(67-39)71-54(52(45(61)34-21-9-2-10-22-34,46(62)35-23-11-3-12-24-35)69-48(64)37-27-15-5-16-28-37)53(47(63)36-25-13-4-14-26-36,70-49(65)38-29-17-6-18-30-38)51(66,40(32-56)68-54)44(60)33-19-7-1-8-20-33/h1-30,39-43,50,55-59,66H,31-32H2/t39-,40-,41-,42+,43-,50-,51+,53+,54+/m1/s1. The van der Waals surface area contributed by atoms with Crippen molar-refractivity contribution >= 4 is 35.1 Å². The molecule has 0 aliphatic carbocycles. The van der Waals surface area contributed by atoms with Crippen LogP contribution >= 0.6 is 0 Å². The van der Waals surface area contributed by atoms with Gasteiger partial charge in [-0.1, -0.05) is 158 Å². The molecule has 2 saturated heterocycles. The topological polar surface area (TPSA) is 270 Å². The number of ether oxygens (including phenoxy) is 5. The van der Waals surface area contributed by atoms with E-state index in [4.69, 9.17) is 23.7 Å². The Hall–Kier alpha value is -7.42. The number of esters is 2. The monoisotopic (exact) mass is 966 g/mol. The molecule has 8 rings (SSSR count). The van der Waals surface area contributed by atoms with Gasteiger partial charge in [-0.3, -0.25) is 19.2 Å². The zero-order valence-corrected chi connectivity index (χ0v) is 37.4. The summed E-state index contributed by atoms with van der Waals surface area (Å²) in [5.74, 6) is -14.0. The molecule has 0 aromatic heterocycles. The number of carbonyl (C=O) groups excluding carboxylic acids is 6. The second kappa shape index (κ2) is 20.5. The number of carbonyl (C=O) groups is 6. The van der Waals surface area contributed by atoms with Crippen LogP contribution in [0, 0.1) is 0 Å². The highest BCUT2D eigenvalue weighted by Gasteiger charge is 2.92.